The molecule has 0 radical (unpaired) electrons. The molecule has 3 nitrogen and oxygen atoms in total. The molecule has 106 valence electrons. The third kappa shape index (κ3) is 2.70. The van der Waals surface area contributed by atoms with Crippen molar-refractivity contribution in [1.29, 1.82) is 0 Å². The number of hydrogen-bond donors (Lipinski definition) is 1. The minimum absolute atomic E-state index is 0.0443. The van der Waals surface area contributed by atoms with E-state index in [1.165, 1.54) is 16.0 Å². The molecule has 0 aromatic heterocycles. The standard InChI is InChI=1S/C16H19NO2S/c1-11(18)17-8-6-12-7-9-19-14-4-5-15-13(16(12)14)3-2-10-20-15/h2-5,12H,6-10H2,1H3,(H,17,18). The van der Waals surface area contributed by atoms with Gasteiger partial charge in [-0.3, -0.25) is 4.79 Å². The number of hydrogen-bond acceptors (Lipinski definition) is 3. The average molecular weight is 289 g/mol. The molecule has 0 saturated carbocycles. The van der Waals surface area contributed by atoms with Gasteiger partial charge in [0.25, 0.3) is 0 Å². The van der Waals surface area contributed by atoms with Gasteiger partial charge in [-0.2, -0.15) is 0 Å². The molecule has 1 aromatic rings. The van der Waals surface area contributed by atoms with E-state index in [9.17, 15) is 4.79 Å². The minimum atomic E-state index is 0.0443. The van der Waals surface area contributed by atoms with Crippen molar-refractivity contribution >= 4 is 23.7 Å². The van der Waals surface area contributed by atoms with Crippen LogP contribution in [0.15, 0.2) is 23.1 Å². The van der Waals surface area contributed by atoms with Gasteiger partial charge in [-0.1, -0.05) is 12.2 Å². The van der Waals surface area contributed by atoms with Crippen molar-refractivity contribution in [3.8, 4) is 5.75 Å². The number of benzene rings is 1. The molecule has 1 atom stereocenters. The lowest BCUT2D eigenvalue weighted by Crippen LogP contribution is -2.25. The lowest BCUT2D eigenvalue weighted by atomic mass is 9.86. The Labute approximate surface area is 123 Å². The molecule has 0 fully saturated rings. The highest BCUT2D eigenvalue weighted by atomic mass is 32.2. The van der Waals surface area contributed by atoms with Crippen LogP contribution >= 0.6 is 11.8 Å². The largest absolute Gasteiger partial charge is 0.493 e. The molecule has 3 rings (SSSR count). The SMILES string of the molecule is CC(=O)NCCC1CCOc2ccc3c(c21)C=CCS3. The molecule has 0 spiro atoms. The zero-order valence-electron chi connectivity index (χ0n) is 11.6. The summed E-state index contributed by atoms with van der Waals surface area (Å²) in [6.07, 6.45) is 6.45. The van der Waals surface area contributed by atoms with E-state index < -0.39 is 0 Å². The van der Waals surface area contributed by atoms with Gasteiger partial charge in [0, 0.05) is 29.7 Å². The van der Waals surface area contributed by atoms with Crippen LogP contribution in [0, 0.1) is 0 Å². The van der Waals surface area contributed by atoms with E-state index in [0.29, 0.717) is 5.92 Å². The van der Waals surface area contributed by atoms with E-state index in [2.05, 4.69) is 29.6 Å². The van der Waals surface area contributed by atoms with Gasteiger partial charge in [-0.15, -0.1) is 11.8 Å². The fourth-order valence-electron chi connectivity index (χ4n) is 2.91. The molecular weight excluding hydrogens is 270 g/mol. The summed E-state index contributed by atoms with van der Waals surface area (Å²) in [5, 5.41) is 2.90. The Balaban J connectivity index is 1.87. The molecule has 1 aromatic carbocycles. The normalized spacial score (nSPS) is 19.8. The third-order valence-corrected chi connectivity index (χ3v) is 4.85. The first-order chi connectivity index (χ1) is 9.75. The van der Waals surface area contributed by atoms with Crippen molar-refractivity contribution in [2.24, 2.45) is 0 Å². The fraction of sp³-hybridized carbons (Fsp3) is 0.438. The number of thioether (sulfide) groups is 1. The van der Waals surface area contributed by atoms with Crippen molar-refractivity contribution in [1.82, 2.24) is 5.32 Å². The monoisotopic (exact) mass is 289 g/mol. The van der Waals surface area contributed by atoms with Gasteiger partial charge in [0.05, 0.1) is 6.61 Å². The van der Waals surface area contributed by atoms with Crippen molar-refractivity contribution in [2.75, 3.05) is 18.9 Å². The lowest BCUT2D eigenvalue weighted by molar-refractivity contribution is -0.118. The van der Waals surface area contributed by atoms with E-state index in [-0.39, 0.29) is 5.91 Å². The van der Waals surface area contributed by atoms with Gasteiger partial charge < -0.3 is 10.1 Å². The summed E-state index contributed by atoms with van der Waals surface area (Å²) >= 11 is 1.88. The van der Waals surface area contributed by atoms with Crippen LogP contribution in [0.1, 0.15) is 36.8 Å². The van der Waals surface area contributed by atoms with Gasteiger partial charge in [-0.05, 0) is 36.5 Å². The highest BCUT2D eigenvalue weighted by molar-refractivity contribution is 7.99. The van der Waals surface area contributed by atoms with Crippen LogP contribution < -0.4 is 10.1 Å². The number of fused-ring (bicyclic) bond motifs is 3. The van der Waals surface area contributed by atoms with Crippen LogP contribution in [0.25, 0.3) is 6.08 Å². The second-order valence-corrected chi connectivity index (χ2v) is 6.27. The Morgan fingerprint density at radius 1 is 1.50 bits per heavy atom. The maximum Gasteiger partial charge on any atom is 0.216 e. The fourth-order valence-corrected chi connectivity index (χ4v) is 3.78. The third-order valence-electron chi connectivity index (χ3n) is 3.83. The summed E-state index contributed by atoms with van der Waals surface area (Å²) in [6, 6.07) is 4.27. The summed E-state index contributed by atoms with van der Waals surface area (Å²) in [4.78, 5) is 12.4. The smallest absolute Gasteiger partial charge is 0.216 e. The predicted octanol–water partition coefficient (Wildman–Crippen LogP) is 3.20. The Kier molecular flexibility index (Phi) is 4.01. The van der Waals surface area contributed by atoms with Crippen LogP contribution in [0.3, 0.4) is 0 Å². The predicted molar refractivity (Wildman–Crippen MR) is 82.4 cm³/mol. The molecule has 2 heterocycles. The van der Waals surface area contributed by atoms with E-state index in [0.717, 1.165) is 37.5 Å². The molecular formula is C16H19NO2S. The maximum absolute atomic E-state index is 11.0. The van der Waals surface area contributed by atoms with Gasteiger partial charge in [0.2, 0.25) is 5.91 Å². The molecule has 0 saturated heterocycles. The minimum Gasteiger partial charge on any atom is -0.493 e. The van der Waals surface area contributed by atoms with Gasteiger partial charge in [-0.25, -0.2) is 0 Å². The van der Waals surface area contributed by atoms with Crippen LogP contribution in [0.2, 0.25) is 0 Å². The molecule has 4 heteroatoms. The van der Waals surface area contributed by atoms with E-state index in [4.69, 9.17) is 4.74 Å². The summed E-state index contributed by atoms with van der Waals surface area (Å²) in [5.41, 5.74) is 2.66. The first-order valence-electron chi connectivity index (χ1n) is 7.09. The molecule has 0 bridgehead atoms. The summed E-state index contributed by atoms with van der Waals surface area (Å²) in [5.74, 6) is 2.59. The molecule has 1 amide bonds. The first kappa shape index (κ1) is 13.6. The van der Waals surface area contributed by atoms with Crippen molar-refractivity contribution in [3.05, 3.63) is 29.3 Å². The maximum atomic E-state index is 11.0. The zero-order chi connectivity index (χ0) is 13.9. The van der Waals surface area contributed by atoms with Crippen molar-refractivity contribution in [2.45, 2.75) is 30.6 Å². The number of amides is 1. The summed E-state index contributed by atoms with van der Waals surface area (Å²) < 4.78 is 5.82. The number of carbonyl (C=O) groups is 1. The van der Waals surface area contributed by atoms with Crippen molar-refractivity contribution in [3.63, 3.8) is 0 Å². The number of nitrogens with one attached hydrogen (secondary N) is 1. The number of rotatable bonds is 3. The molecule has 2 aliphatic rings. The van der Waals surface area contributed by atoms with Crippen LogP contribution in [0.5, 0.6) is 5.75 Å². The Hall–Kier alpha value is -1.42. The number of carbonyl (C=O) groups excluding carboxylic acids is 1. The highest BCUT2D eigenvalue weighted by Crippen LogP contribution is 2.43. The van der Waals surface area contributed by atoms with Gasteiger partial charge in [0.15, 0.2) is 0 Å². The van der Waals surface area contributed by atoms with E-state index in [1.807, 2.05) is 11.8 Å². The van der Waals surface area contributed by atoms with Crippen LogP contribution in [-0.4, -0.2) is 24.8 Å². The topological polar surface area (TPSA) is 38.3 Å². The molecule has 2 aliphatic heterocycles. The Morgan fingerprint density at radius 2 is 2.40 bits per heavy atom. The Morgan fingerprint density at radius 3 is 3.25 bits per heavy atom. The summed E-state index contributed by atoms with van der Waals surface area (Å²) in [7, 11) is 0. The highest BCUT2D eigenvalue weighted by Gasteiger charge is 2.26. The van der Waals surface area contributed by atoms with E-state index in [1.54, 1.807) is 6.92 Å². The quantitative estimate of drug-likeness (QED) is 0.928. The molecule has 1 unspecified atom stereocenters. The average Bonchev–Trinajstić information content (AvgIpc) is 2.46. The lowest BCUT2D eigenvalue weighted by Gasteiger charge is -2.29. The number of ether oxygens (including phenoxy) is 1. The Bertz CT molecular complexity index is 554. The van der Waals surface area contributed by atoms with Gasteiger partial charge >= 0.3 is 0 Å². The molecule has 20 heavy (non-hydrogen) atoms. The van der Waals surface area contributed by atoms with Gasteiger partial charge in [0.1, 0.15) is 5.75 Å². The van der Waals surface area contributed by atoms with Crippen LogP contribution in [-0.2, 0) is 4.79 Å². The van der Waals surface area contributed by atoms with E-state index >= 15 is 0 Å². The first-order valence-corrected chi connectivity index (χ1v) is 8.07. The second kappa shape index (κ2) is 5.92. The molecule has 1 N–H and O–H groups in total. The zero-order valence-corrected chi connectivity index (χ0v) is 12.5. The molecule has 0 aliphatic carbocycles. The van der Waals surface area contributed by atoms with Crippen LogP contribution in [0.4, 0.5) is 0 Å². The van der Waals surface area contributed by atoms with Crippen molar-refractivity contribution < 1.29 is 9.53 Å². The summed E-state index contributed by atoms with van der Waals surface area (Å²) in [6.45, 7) is 3.08. The second-order valence-electron chi connectivity index (χ2n) is 5.21.